The van der Waals surface area contributed by atoms with Crippen molar-refractivity contribution in [1.82, 2.24) is 9.97 Å². The third kappa shape index (κ3) is 1.76. The molecule has 6 heteroatoms. The first-order valence-electron chi connectivity index (χ1n) is 4.13. The van der Waals surface area contributed by atoms with Crippen LogP contribution in [0.4, 0.5) is 5.82 Å². The predicted molar refractivity (Wildman–Crippen MR) is 52.7 cm³/mol. The summed E-state index contributed by atoms with van der Waals surface area (Å²) in [6.45, 7) is 0.308. The highest BCUT2D eigenvalue weighted by Gasteiger charge is 2.29. The van der Waals surface area contributed by atoms with Gasteiger partial charge in [0.25, 0.3) is 0 Å². The summed E-state index contributed by atoms with van der Waals surface area (Å²) in [6, 6.07) is 1.65. The monoisotopic (exact) mass is 257 g/mol. The van der Waals surface area contributed by atoms with E-state index in [4.69, 9.17) is 0 Å². The van der Waals surface area contributed by atoms with Gasteiger partial charge in [-0.1, -0.05) is 0 Å². The molecule has 0 saturated carbocycles. The molecule has 1 aliphatic heterocycles. The number of carbonyl (C=O) groups excluding carboxylic acids is 1. The lowest BCUT2D eigenvalue weighted by Gasteiger charge is -2.13. The smallest absolute Gasteiger partial charge is 0.230 e. The Morgan fingerprint density at radius 3 is 2.93 bits per heavy atom. The second-order valence-corrected chi connectivity index (χ2v) is 3.87. The van der Waals surface area contributed by atoms with E-state index in [-0.39, 0.29) is 12.3 Å². The molecule has 1 amide bonds. The van der Waals surface area contributed by atoms with Crippen LogP contribution in [-0.4, -0.2) is 33.6 Å². The third-order valence-corrected chi connectivity index (χ3v) is 2.43. The van der Waals surface area contributed by atoms with E-state index in [9.17, 15) is 9.90 Å². The van der Waals surface area contributed by atoms with Crippen LogP contribution in [0.15, 0.2) is 17.0 Å². The van der Waals surface area contributed by atoms with Crippen molar-refractivity contribution in [3.63, 3.8) is 0 Å². The van der Waals surface area contributed by atoms with Gasteiger partial charge in [-0.3, -0.25) is 9.69 Å². The largest absolute Gasteiger partial charge is 0.391 e. The molecule has 1 aliphatic rings. The van der Waals surface area contributed by atoms with Crippen LogP contribution in [0.5, 0.6) is 0 Å². The van der Waals surface area contributed by atoms with Gasteiger partial charge in [-0.25, -0.2) is 9.97 Å². The predicted octanol–water partition coefficient (Wildman–Crippen LogP) is 0.337. The van der Waals surface area contributed by atoms with Gasteiger partial charge in [-0.2, -0.15) is 0 Å². The number of anilines is 1. The summed E-state index contributed by atoms with van der Waals surface area (Å²) in [5, 5.41) is 9.28. The molecule has 2 heterocycles. The van der Waals surface area contributed by atoms with Crippen molar-refractivity contribution in [2.75, 3.05) is 11.4 Å². The molecule has 1 aromatic heterocycles. The van der Waals surface area contributed by atoms with Crippen LogP contribution in [-0.2, 0) is 4.79 Å². The highest BCUT2D eigenvalue weighted by molar-refractivity contribution is 9.10. The molecule has 1 atom stereocenters. The number of aliphatic hydroxyl groups excluding tert-OH is 1. The van der Waals surface area contributed by atoms with Crippen molar-refractivity contribution in [2.45, 2.75) is 12.5 Å². The Balaban J connectivity index is 2.27. The fourth-order valence-corrected chi connectivity index (χ4v) is 1.68. The highest BCUT2D eigenvalue weighted by Crippen LogP contribution is 2.20. The first-order valence-corrected chi connectivity index (χ1v) is 4.92. The molecular formula is C8H8BrN3O2. The molecule has 1 saturated heterocycles. The minimum absolute atomic E-state index is 0.108. The SMILES string of the molecule is O=C1CC(O)CN1c1cc(Br)ncn1. The van der Waals surface area contributed by atoms with Gasteiger partial charge >= 0.3 is 0 Å². The van der Waals surface area contributed by atoms with Gasteiger partial charge in [0.1, 0.15) is 16.7 Å². The fourth-order valence-electron chi connectivity index (χ4n) is 1.38. The molecule has 1 aromatic rings. The number of carbonyl (C=O) groups is 1. The molecule has 2 rings (SSSR count). The Labute approximate surface area is 88.9 Å². The van der Waals surface area contributed by atoms with E-state index in [2.05, 4.69) is 25.9 Å². The van der Waals surface area contributed by atoms with Gasteiger partial charge in [0.05, 0.1) is 19.1 Å². The van der Waals surface area contributed by atoms with Crippen LogP contribution in [0.2, 0.25) is 0 Å². The van der Waals surface area contributed by atoms with Gasteiger partial charge in [-0.15, -0.1) is 0 Å². The van der Waals surface area contributed by atoms with E-state index in [1.165, 1.54) is 11.2 Å². The normalized spacial score (nSPS) is 21.7. The van der Waals surface area contributed by atoms with Crippen LogP contribution < -0.4 is 4.90 Å². The molecule has 1 unspecified atom stereocenters. The summed E-state index contributed by atoms with van der Waals surface area (Å²) in [4.78, 5) is 20.7. The summed E-state index contributed by atoms with van der Waals surface area (Å²) in [6.07, 6.45) is 0.954. The van der Waals surface area contributed by atoms with E-state index in [0.717, 1.165) is 0 Å². The minimum atomic E-state index is -0.587. The van der Waals surface area contributed by atoms with Gasteiger partial charge in [0, 0.05) is 6.07 Å². The average molecular weight is 258 g/mol. The maximum Gasteiger partial charge on any atom is 0.230 e. The zero-order valence-corrected chi connectivity index (χ0v) is 8.81. The van der Waals surface area contributed by atoms with Gasteiger partial charge in [0.2, 0.25) is 5.91 Å². The molecule has 14 heavy (non-hydrogen) atoms. The zero-order valence-electron chi connectivity index (χ0n) is 7.22. The van der Waals surface area contributed by atoms with E-state index in [0.29, 0.717) is 17.0 Å². The number of hydrogen-bond donors (Lipinski definition) is 1. The molecule has 1 N–H and O–H groups in total. The van der Waals surface area contributed by atoms with Crippen molar-refractivity contribution in [1.29, 1.82) is 0 Å². The highest BCUT2D eigenvalue weighted by atomic mass is 79.9. The minimum Gasteiger partial charge on any atom is -0.391 e. The van der Waals surface area contributed by atoms with Crippen LogP contribution in [0, 0.1) is 0 Å². The molecular weight excluding hydrogens is 250 g/mol. The quantitative estimate of drug-likeness (QED) is 0.737. The third-order valence-electron chi connectivity index (χ3n) is 2.00. The molecule has 74 valence electrons. The van der Waals surface area contributed by atoms with Crippen molar-refractivity contribution in [3.8, 4) is 0 Å². The van der Waals surface area contributed by atoms with Crippen molar-refractivity contribution < 1.29 is 9.90 Å². The maximum atomic E-state index is 11.4. The molecule has 0 bridgehead atoms. The molecule has 0 spiro atoms. The Bertz CT molecular complexity index is 371. The summed E-state index contributed by atoms with van der Waals surface area (Å²) in [7, 11) is 0. The Hall–Kier alpha value is -1.01. The number of rotatable bonds is 1. The number of nitrogens with zero attached hydrogens (tertiary/aromatic N) is 3. The lowest BCUT2D eigenvalue weighted by atomic mass is 10.3. The number of hydrogen-bond acceptors (Lipinski definition) is 4. The summed E-state index contributed by atoms with van der Waals surface area (Å²) >= 11 is 3.19. The number of amides is 1. The lowest BCUT2D eigenvalue weighted by Crippen LogP contribution is -2.26. The zero-order chi connectivity index (χ0) is 10.1. The number of aromatic nitrogens is 2. The van der Waals surface area contributed by atoms with Gasteiger partial charge in [0.15, 0.2) is 0 Å². The van der Waals surface area contributed by atoms with E-state index >= 15 is 0 Å². The van der Waals surface area contributed by atoms with Gasteiger partial charge < -0.3 is 5.11 Å². The molecule has 0 aromatic carbocycles. The van der Waals surface area contributed by atoms with E-state index < -0.39 is 6.10 Å². The van der Waals surface area contributed by atoms with Crippen LogP contribution >= 0.6 is 15.9 Å². The number of β-amino-alcohol motifs (C(OH)–C–C–N with tert-alkyl or cyclic N) is 1. The Morgan fingerprint density at radius 1 is 1.57 bits per heavy atom. The standard InChI is InChI=1S/C8H8BrN3O2/c9-6-2-7(11-4-10-6)12-3-5(13)1-8(12)14/h2,4-5,13H,1,3H2. The summed E-state index contributed by atoms with van der Waals surface area (Å²) in [5.41, 5.74) is 0. The first-order chi connectivity index (χ1) is 6.66. The number of halogens is 1. The first kappa shape index (κ1) is 9.54. The Morgan fingerprint density at radius 2 is 2.36 bits per heavy atom. The van der Waals surface area contributed by atoms with Crippen LogP contribution in [0.25, 0.3) is 0 Å². The average Bonchev–Trinajstić information content (AvgIpc) is 2.45. The van der Waals surface area contributed by atoms with Crippen molar-refractivity contribution in [3.05, 3.63) is 17.0 Å². The van der Waals surface area contributed by atoms with Gasteiger partial charge in [-0.05, 0) is 15.9 Å². The Kier molecular flexibility index (Phi) is 2.47. The second-order valence-electron chi connectivity index (χ2n) is 3.06. The molecule has 5 nitrogen and oxygen atoms in total. The lowest BCUT2D eigenvalue weighted by molar-refractivity contribution is -0.117. The number of aliphatic hydroxyl groups is 1. The summed E-state index contributed by atoms with van der Waals surface area (Å²) in [5.74, 6) is 0.413. The van der Waals surface area contributed by atoms with Crippen molar-refractivity contribution in [2.24, 2.45) is 0 Å². The van der Waals surface area contributed by atoms with E-state index in [1.807, 2.05) is 0 Å². The van der Waals surface area contributed by atoms with E-state index in [1.54, 1.807) is 6.07 Å². The molecule has 1 fully saturated rings. The molecule has 0 radical (unpaired) electrons. The molecule has 0 aliphatic carbocycles. The summed E-state index contributed by atoms with van der Waals surface area (Å²) < 4.78 is 0.622. The van der Waals surface area contributed by atoms with Crippen LogP contribution in [0.3, 0.4) is 0 Å². The fraction of sp³-hybridized carbons (Fsp3) is 0.375. The van der Waals surface area contributed by atoms with Crippen LogP contribution in [0.1, 0.15) is 6.42 Å². The maximum absolute atomic E-state index is 11.4. The van der Waals surface area contributed by atoms with Crippen molar-refractivity contribution >= 4 is 27.7 Å². The topological polar surface area (TPSA) is 66.3 Å². The second kappa shape index (κ2) is 3.62.